The maximum atomic E-state index is 9.46. The van der Waals surface area contributed by atoms with E-state index in [1.54, 1.807) is 18.9 Å². The van der Waals surface area contributed by atoms with Crippen LogP contribution in [0.2, 0.25) is 0 Å². The molecule has 1 unspecified atom stereocenters. The molecule has 1 atom stereocenters. The molecule has 0 saturated carbocycles. The molecule has 0 fully saturated rings. The summed E-state index contributed by atoms with van der Waals surface area (Å²) in [4.78, 5) is 9.05. The summed E-state index contributed by atoms with van der Waals surface area (Å²) in [6.07, 6.45) is 7.20. The summed E-state index contributed by atoms with van der Waals surface area (Å²) in [7, 11) is 0. The Morgan fingerprint density at radius 1 is 1.19 bits per heavy atom. The number of fused-ring (bicyclic) bond motifs is 6. The van der Waals surface area contributed by atoms with Crippen LogP contribution in [0.5, 0.6) is 0 Å². The normalized spacial score (nSPS) is 17.5. The molecule has 2 aromatic heterocycles. The third kappa shape index (κ3) is 2.04. The van der Waals surface area contributed by atoms with Crippen LogP contribution in [0.4, 0.5) is 11.6 Å². The van der Waals surface area contributed by atoms with Gasteiger partial charge in [0.2, 0.25) is 12.0 Å². The molecule has 0 radical (unpaired) electrons. The zero-order chi connectivity index (χ0) is 18.8. The highest BCUT2D eigenvalue weighted by Gasteiger charge is 2.41. The Morgan fingerprint density at radius 3 is 2.78 bits per heavy atom. The zero-order valence-corrected chi connectivity index (χ0v) is 15.1. The van der Waals surface area contributed by atoms with Crippen molar-refractivity contribution in [3.05, 3.63) is 48.0 Å². The number of hydrogen-bond donors (Lipinski definition) is 0. The lowest BCUT2D eigenvalue weighted by molar-refractivity contribution is 0.544. The van der Waals surface area contributed by atoms with Gasteiger partial charge in [0.05, 0.1) is 11.9 Å². The second-order valence-corrected chi connectivity index (χ2v) is 7.53. The highest BCUT2D eigenvalue weighted by Crippen LogP contribution is 2.43. The highest BCUT2D eigenvalue weighted by atomic mass is 15.7. The fraction of sp³-hybridized carbons (Fsp3) is 0.278. The van der Waals surface area contributed by atoms with Gasteiger partial charge in [-0.3, -0.25) is 4.57 Å². The van der Waals surface area contributed by atoms with Crippen LogP contribution in [0.15, 0.2) is 41.8 Å². The Balaban J connectivity index is 1.69. The van der Waals surface area contributed by atoms with E-state index >= 15 is 0 Å². The number of imidazole rings is 1. The molecule has 0 spiro atoms. The number of para-hydroxylation sites is 1. The minimum absolute atomic E-state index is 0.217. The van der Waals surface area contributed by atoms with Gasteiger partial charge in [-0.05, 0) is 6.07 Å². The number of hydrogen-bond acceptors (Lipinski definition) is 7. The lowest BCUT2D eigenvalue weighted by Gasteiger charge is -2.37. The van der Waals surface area contributed by atoms with Crippen LogP contribution >= 0.6 is 0 Å². The number of benzene rings is 1. The summed E-state index contributed by atoms with van der Waals surface area (Å²) >= 11 is 0. The fourth-order valence-corrected chi connectivity index (χ4v) is 3.69. The minimum atomic E-state index is -0.325. The van der Waals surface area contributed by atoms with Crippen LogP contribution in [0, 0.1) is 11.5 Å². The average Bonchev–Trinajstić information content (AvgIpc) is 3.36. The van der Waals surface area contributed by atoms with Gasteiger partial charge in [-0.15, -0.1) is 9.78 Å². The van der Waals surface area contributed by atoms with Crippen molar-refractivity contribution in [3.63, 3.8) is 0 Å². The van der Waals surface area contributed by atoms with Gasteiger partial charge in [-0.1, -0.05) is 44.2 Å². The van der Waals surface area contributed by atoms with Crippen LogP contribution in [0.1, 0.15) is 38.2 Å². The van der Waals surface area contributed by atoms with E-state index < -0.39 is 0 Å². The SMILES string of the molecule is CC(C)(C)c1c(N2C=NC3c4ccccc4-n4cncc4N32)nnn1C#N. The molecular weight excluding hydrogens is 342 g/mol. The van der Waals surface area contributed by atoms with Gasteiger partial charge in [-0.2, -0.15) is 5.26 Å². The van der Waals surface area contributed by atoms with E-state index in [0.29, 0.717) is 5.82 Å². The molecular formula is C18H17N9. The predicted molar refractivity (Wildman–Crippen MR) is 99.5 cm³/mol. The number of aliphatic imine (C=N–C) groups is 1. The van der Waals surface area contributed by atoms with Crippen LogP contribution in [0.3, 0.4) is 0 Å². The highest BCUT2D eigenvalue weighted by molar-refractivity contribution is 5.87. The molecule has 134 valence electrons. The number of hydrazine groups is 1. The first-order chi connectivity index (χ1) is 13.0. The first kappa shape index (κ1) is 15.6. The third-order valence-electron chi connectivity index (χ3n) is 4.78. The van der Waals surface area contributed by atoms with E-state index in [1.165, 1.54) is 4.68 Å². The molecule has 9 heteroatoms. The maximum absolute atomic E-state index is 9.46. The molecule has 2 aliphatic heterocycles. The van der Waals surface area contributed by atoms with Gasteiger partial charge < -0.3 is 0 Å². The first-order valence-corrected chi connectivity index (χ1v) is 8.60. The van der Waals surface area contributed by atoms with Crippen molar-refractivity contribution in [1.82, 2.24) is 24.5 Å². The quantitative estimate of drug-likeness (QED) is 0.662. The van der Waals surface area contributed by atoms with Crippen molar-refractivity contribution in [2.24, 2.45) is 4.99 Å². The standard InChI is InChI=1S/C18H17N9/c1-18(2,3)15-17(22-23-25(15)9-19)26-11-21-16-12-6-4-5-7-13(12)24-10-20-8-14(24)27(16)26/h4-8,10-11,16H,1-3H3. The van der Waals surface area contributed by atoms with E-state index in [1.807, 2.05) is 47.5 Å². The summed E-state index contributed by atoms with van der Waals surface area (Å²) in [5.74, 6) is 1.46. The van der Waals surface area contributed by atoms with Crippen molar-refractivity contribution in [3.8, 4) is 11.9 Å². The van der Waals surface area contributed by atoms with Crippen molar-refractivity contribution in [2.75, 3.05) is 10.0 Å². The van der Waals surface area contributed by atoms with Crippen LogP contribution in [-0.2, 0) is 5.41 Å². The fourth-order valence-electron chi connectivity index (χ4n) is 3.69. The van der Waals surface area contributed by atoms with Crippen molar-refractivity contribution < 1.29 is 0 Å². The van der Waals surface area contributed by atoms with Gasteiger partial charge in [0.15, 0.2) is 12.0 Å². The molecule has 3 aromatic rings. The minimum Gasteiger partial charge on any atom is -0.284 e. The Morgan fingerprint density at radius 2 is 2.00 bits per heavy atom. The van der Waals surface area contributed by atoms with Crippen molar-refractivity contribution in [2.45, 2.75) is 32.4 Å². The van der Waals surface area contributed by atoms with E-state index in [0.717, 1.165) is 22.8 Å². The Hall–Kier alpha value is -3.67. The third-order valence-corrected chi connectivity index (χ3v) is 4.78. The molecule has 0 saturated heterocycles. The Kier molecular flexibility index (Phi) is 2.98. The zero-order valence-electron chi connectivity index (χ0n) is 15.1. The molecule has 0 aliphatic carbocycles. The Labute approximate surface area is 155 Å². The smallest absolute Gasteiger partial charge is 0.208 e. The summed E-state index contributed by atoms with van der Waals surface area (Å²) in [5.41, 5.74) is 2.53. The number of rotatable bonds is 1. The largest absolute Gasteiger partial charge is 0.284 e. The molecule has 1 aromatic carbocycles. The van der Waals surface area contributed by atoms with Crippen molar-refractivity contribution >= 4 is 18.0 Å². The lowest BCUT2D eigenvalue weighted by atomic mass is 9.92. The molecule has 0 N–H and O–H groups in total. The summed E-state index contributed by atoms with van der Waals surface area (Å²) in [6.45, 7) is 6.09. The predicted octanol–water partition coefficient (Wildman–Crippen LogP) is 2.37. The summed E-state index contributed by atoms with van der Waals surface area (Å²) < 4.78 is 3.30. The summed E-state index contributed by atoms with van der Waals surface area (Å²) in [6, 6.07) is 8.13. The molecule has 4 heterocycles. The van der Waals surface area contributed by atoms with Gasteiger partial charge in [0.25, 0.3) is 0 Å². The lowest BCUT2D eigenvalue weighted by Crippen LogP contribution is -2.43. The van der Waals surface area contributed by atoms with E-state index in [9.17, 15) is 5.26 Å². The van der Waals surface area contributed by atoms with E-state index in [4.69, 9.17) is 4.99 Å². The monoisotopic (exact) mass is 359 g/mol. The van der Waals surface area contributed by atoms with Gasteiger partial charge in [0, 0.05) is 11.0 Å². The first-order valence-electron chi connectivity index (χ1n) is 8.60. The molecule has 5 rings (SSSR count). The van der Waals surface area contributed by atoms with Gasteiger partial charge in [0.1, 0.15) is 18.4 Å². The average molecular weight is 359 g/mol. The number of anilines is 2. The molecule has 0 bridgehead atoms. The number of nitrogens with zero attached hydrogens (tertiary/aromatic N) is 9. The van der Waals surface area contributed by atoms with E-state index in [2.05, 4.69) is 33.6 Å². The number of nitriles is 1. The van der Waals surface area contributed by atoms with Crippen LogP contribution in [-0.4, -0.2) is 30.9 Å². The second-order valence-electron chi connectivity index (χ2n) is 7.53. The maximum Gasteiger partial charge on any atom is 0.208 e. The van der Waals surface area contributed by atoms with Crippen LogP contribution < -0.4 is 10.0 Å². The second kappa shape index (κ2) is 5.17. The van der Waals surface area contributed by atoms with Gasteiger partial charge in [-0.25, -0.2) is 20.0 Å². The molecule has 9 nitrogen and oxygen atoms in total. The van der Waals surface area contributed by atoms with Crippen LogP contribution in [0.25, 0.3) is 5.69 Å². The topological polar surface area (TPSA) is 91.2 Å². The van der Waals surface area contributed by atoms with E-state index in [-0.39, 0.29) is 11.6 Å². The van der Waals surface area contributed by atoms with Crippen molar-refractivity contribution in [1.29, 1.82) is 5.26 Å². The molecule has 0 amide bonds. The molecule has 27 heavy (non-hydrogen) atoms. The molecule has 2 aliphatic rings. The Bertz CT molecular complexity index is 1110. The number of aromatic nitrogens is 5. The summed E-state index contributed by atoms with van der Waals surface area (Å²) in [5, 5.41) is 21.7. The van der Waals surface area contributed by atoms with Gasteiger partial charge >= 0.3 is 0 Å².